The van der Waals surface area contributed by atoms with Crippen molar-refractivity contribution in [3.8, 4) is 5.75 Å². The van der Waals surface area contributed by atoms with Crippen LogP contribution in [-0.2, 0) is 16.0 Å². The molecule has 8 nitrogen and oxygen atoms in total. The number of ether oxygens (including phenoxy) is 1. The molecule has 0 aromatic heterocycles. The second-order valence-corrected chi connectivity index (χ2v) is 8.89. The molecule has 0 fully saturated rings. The van der Waals surface area contributed by atoms with Gasteiger partial charge in [-0.2, -0.15) is 12.6 Å². The van der Waals surface area contributed by atoms with Crippen LogP contribution in [0.15, 0.2) is 60.7 Å². The van der Waals surface area contributed by atoms with Gasteiger partial charge in [0.2, 0.25) is 11.8 Å². The van der Waals surface area contributed by atoms with Crippen LogP contribution in [0.2, 0.25) is 0 Å². The lowest BCUT2D eigenvalue weighted by molar-refractivity contribution is -0.123. The Morgan fingerprint density at radius 3 is 2.57 bits per heavy atom. The topological polar surface area (TPSA) is 137 Å². The van der Waals surface area contributed by atoms with Gasteiger partial charge in [-0.25, -0.2) is 0 Å². The third-order valence-corrected chi connectivity index (χ3v) is 6.46. The molecule has 0 aliphatic carbocycles. The quantitative estimate of drug-likeness (QED) is 0.306. The van der Waals surface area contributed by atoms with Crippen LogP contribution in [0, 0.1) is 0 Å². The Balaban J connectivity index is 1.53. The maximum Gasteiger partial charge on any atom is 0.255 e. The molecule has 1 heterocycles. The van der Waals surface area contributed by atoms with E-state index in [1.54, 1.807) is 18.2 Å². The van der Waals surface area contributed by atoms with Crippen molar-refractivity contribution in [3.63, 3.8) is 0 Å². The molecule has 4 rings (SSSR count). The number of nitrogens with two attached hydrogens (primary N) is 2. The van der Waals surface area contributed by atoms with Crippen molar-refractivity contribution < 1.29 is 19.1 Å². The number of fused-ring (bicyclic) bond motifs is 2. The standard InChI is InChI=1S/C26H28N4O4S/c27-20(14-35)26(33)29-21-10-11-34-23-18(21)6-3-7-19(23)25(32)30-22(24(28)31)13-15-8-9-16-4-1-2-5-17(16)12-15/h1-9,12,20-22,35H,10-11,13-14,27H2,(H2,28,31)(H,29,33)(H,30,32)/t20?,21?,22-/m1/s1. The summed E-state index contributed by atoms with van der Waals surface area (Å²) in [6.07, 6.45) is 0.789. The Bertz CT molecular complexity index is 1270. The molecule has 182 valence electrons. The first kappa shape index (κ1) is 24.6. The van der Waals surface area contributed by atoms with Crippen molar-refractivity contribution >= 4 is 41.1 Å². The lowest BCUT2D eigenvalue weighted by Crippen LogP contribution is -2.46. The molecule has 1 aliphatic rings. The number of carbonyl (C=O) groups is 3. The second-order valence-electron chi connectivity index (χ2n) is 8.53. The molecule has 2 unspecified atom stereocenters. The Kier molecular flexibility index (Phi) is 7.57. The summed E-state index contributed by atoms with van der Waals surface area (Å²) in [6, 6.07) is 16.9. The van der Waals surface area contributed by atoms with Crippen molar-refractivity contribution in [1.82, 2.24) is 10.6 Å². The number of carbonyl (C=O) groups excluding carboxylic acids is 3. The molecule has 0 bridgehead atoms. The number of rotatable bonds is 8. The van der Waals surface area contributed by atoms with Crippen molar-refractivity contribution in [2.45, 2.75) is 31.0 Å². The third kappa shape index (κ3) is 5.58. The highest BCUT2D eigenvalue weighted by Gasteiger charge is 2.29. The molecule has 3 amide bonds. The summed E-state index contributed by atoms with van der Waals surface area (Å²) in [6.45, 7) is 0.314. The maximum absolute atomic E-state index is 13.2. The number of hydrogen-bond acceptors (Lipinski definition) is 6. The van der Waals surface area contributed by atoms with E-state index in [2.05, 4.69) is 23.3 Å². The molecular weight excluding hydrogens is 464 g/mol. The maximum atomic E-state index is 13.2. The van der Waals surface area contributed by atoms with Gasteiger partial charge < -0.3 is 26.8 Å². The Morgan fingerprint density at radius 2 is 1.83 bits per heavy atom. The van der Waals surface area contributed by atoms with Gasteiger partial charge in [-0.1, -0.05) is 54.6 Å². The molecule has 0 saturated carbocycles. The summed E-state index contributed by atoms with van der Waals surface area (Å²) in [5.41, 5.74) is 13.2. The molecule has 0 saturated heterocycles. The summed E-state index contributed by atoms with van der Waals surface area (Å²) in [4.78, 5) is 37.7. The molecule has 9 heteroatoms. The zero-order chi connectivity index (χ0) is 24.9. The highest BCUT2D eigenvalue weighted by Crippen LogP contribution is 2.35. The van der Waals surface area contributed by atoms with E-state index in [1.165, 1.54) is 0 Å². The van der Waals surface area contributed by atoms with Gasteiger partial charge in [0.05, 0.1) is 24.3 Å². The van der Waals surface area contributed by atoms with Crippen LogP contribution in [0.25, 0.3) is 10.8 Å². The van der Waals surface area contributed by atoms with Crippen LogP contribution in [0.5, 0.6) is 5.75 Å². The summed E-state index contributed by atoms with van der Waals surface area (Å²) < 4.78 is 5.81. The minimum Gasteiger partial charge on any atom is -0.492 e. The van der Waals surface area contributed by atoms with Gasteiger partial charge in [0.1, 0.15) is 11.8 Å². The van der Waals surface area contributed by atoms with Gasteiger partial charge in [0.25, 0.3) is 5.91 Å². The van der Waals surface area contributed by atoms with Crippen molar-refractivity contribution in [1.29, 1.82) is 0 Å². The van der Waals surface area contributed by atoms with Crippen molar-refractivity contribution in [3.05, 3.63) is 77.4 Å². The molecular formula is C26H28N4O4S. The van der Waals surface area contributed by atoms with Gasteiger partial charge in [-0.3, -0.25) is 14.4 Å². The van der Waals surface area contributed by atoms with Gasteiger partial charge in [0, 0.05) is 24.2 Å². The number of para-hydroxylation sites is 1. The third-order valence-electron chi connectivity index (χ3n) is 6.07. The van der Waals surface area contributed by atoms with E-state index in [4.69, 9.17) is 16.2 Å². The zero-order valence-corrected chi connectivity index (χ0v) is 20.0. The molecule has 0 radical (unpaired) electrons. The van der Waals surface area contributed by atoms with E-state index in [1.807, 2.05) is 42.5 Å². The van der Waals surface area contributed by atoms with E-state index in [-0.39, 0.29) is 29.7 Å². The van der Waals surface area contributed by atoms with Crippen LogP contribution in [0.1, 0.15) is 33.9 Å². The van der Waals surface area contributed by atoms with Crippen LogP contribution in [0.4, 0.5) is 0 Å². The number of thiol groups is 1. The van der Waals surface area contributed by atoms with E-state index in [9.17, 15) is 14.4 Å². The van der Waals surface area contributed by atoms with E-state index in [0.717, 1.165) is 16.3 Å². The first-order chi connectivity index (χ1) is 16.9. The minimum absolute atomic E-state index is 0.218. The smallest absolute Gasteiger partial charge is 0.255 e. The summed E-state index contributed by atoms with van der Waals surface area (Å²) >= 11 is 4.07. The molecule has 3 aromatic carbocycles. The first-order valence-corrected chi connectivity index (χ1v) is 12.0. The fourth-order valence-corrected chi connectivity index (χ4v) is 4.34. The largest absolute Gasteiger partial charge is 0.492 e. The first-order valence-electron chi connectivity index (χ1n) is 11.4. The van der Waals surface area contributed by atoms with Gasteiger partial charge >= 0.3 is 0 Å². The number of primary amides is 1. The molecule has 35 heavy (non-hydrogen) atoms. The second kappa shape index (κ2) is 10.8. The Labute approximate surface area is 208 Å². The molecule has 0 spiro atoms. The number of amides is 3. The molecule has 6 N–H and O–H groups in total. The average molecular weight is 493 g/mol. The van der Waals surface area contributed by atoms with Crippen LogP contribution >= 0.6 is 12.6 Å². The molecule has 3 atom stereocenters. The predicted octanol–water partition coefficient (Wildman–Crippen LogP) is 1.86. The molecule has 1 aliphatic heterocycles. The van der Waals surface area contributed by atoms with Crippen LogP contribution in [0.3, 0.4) is 0 Å². The predicted molar refractivity (Wildman–Crippen MR) is 137 cm³/mol. The average Bonchev–Trinajstić information content (AvgIpc) is 2.87. The fraction of sp³-hybridized carbons (Fsp3) is 0.269. The zero-order valence-electron chi connectivity index (χ0n) is 19.1. The van der Waals surface area contributed by atoms with Crippen molar-refractivity contribution in [2.75, 3.05) is 12.4 Å². The van der Waals surface area contributed by atoms with E-state index >= 15 is 0 Å². The van der Waals surface area contributed by atoms with Gasteiger partial charge in [-0.15, -0.1) is 0 Å². The van der Waals surface area contributed by atoms with Crippen LogP contribution < -0.4 is 26.8 Å². The van der Waals surface area contributed by atoms with E-state index in [0.29, 0.717) is 24.3 Å². The summed E-state index contributed by atoms with van der Waals surface area (Å²) in [7, 11) is 0. The highest BCUT2D eigenvalue weighted by atomic mass is 32.1. The normalized spacial score (nSPS) is 16.5. The van der Waals surface area contributed by atoms with Gasteiger partial charge in [-0.05, 0) is 22.4 Å². The SMILES string of the molecule is NC(=O)[C@@H](Cc1ccc2ccccc2c1)NC(=O)c1cccc2c1OCCC2NC(=O)C(N)CS. The Hall–Kier alpha value is -3.56. The van der Waals surface area contributed by atoms with Gasteiger partial charge in [0.15, 0.2) is 0 Å². The number of nitrogens with one attached hydrogen (secondary N) is 2. The lowest BCUT2D eigenvalue weighted by atomic mass is 9.96. The van der Waals surface area contributed by atoms with Crippen molar-refractivity contribution in [2.24, 2.45) is 11.5 Å². The fourth-order valence-electron chi connectivity index (χ4n) is 4.18. The monoisotopic (exact) mass is 492 g/mol. The highest BCUT2D eigenvalue weighted by molar-refractivity contribution is 7.80. The molecule has 3 aromatic rings. The summed E-state index contributed by atoms with van der Waals surface area (Å²) in [5, 5.41) is 7.77. The van der Waals surface area contributed by atoms with Crippen LogP contribution in [-0.4, -0.2) is 42.2 Å². The Morgan fingerprint density at radius 1 is 1.06 bits per heavy atom. The summed E-state index contributed by atoms with van der Waals surface area (Å²) in [5.74, 6) is -0.851. The van der Waals surface area contributed by atoms with E-state index < -0.39 is 23.9 Å². The number of benzene rings is 3. The lowest BCUT2D eigenvalue weighted by Gasteiger charge is -2.29. The number of hydrogen-bond donors (Lipinski definition) is 5. The minimum atomic E-state index is -0.910.